The summed E-state index contributed by atoms with van der Waals surface area (Å²) in [7, 11) is 0. The smallest absolute Gasteiger partial charge is 0.223 e. The minimum atomic E-state index is 0. The minimum absolute atomic E-state index is 0. The quantitative estimate of drug-likeness (QED) is 0.868. The first-order valence-electron chi connectivity index (χ1n) is 8.17. The summed E-state index contributed by atoms with van der Waals surface area (Å²) in [6, 6.07) is 8.09. The van der Waals surface area contributed by atoms with Crippen molar-refractivity contribution in [2.24, 2.45) is 11.3 Å². The van der Waals surface area contributed by atoms with Gasteiger partial charge < -0.3 is 15.2 Å². The van der Waals surface area contributed by atoms with Crippen molar-refractivity contribution in [3.63, 3.8) is 0 Å². The Bertz CT molecular complexity index is 697. The first-order chi connectivity index (χ1) is 10.8. The number of carbonyl (C=O) groups is 1. The molecule has 1 spiro atoms. The van der Waals surface area contributed by atoms with E-state index in [1.807, 2.05) is 24.5 Å². The number of hydrogen-bond donors (Lipinski definition) is 2. The molecule has 1 unspecified atom stereocenters. The highest BCUT2D eigenvalue weighted by Crippen LogP contribution is 2.58. The maximum absolute atomic E-state index is 12.3. The van der Waals surface area contributed by atoms with Gasteiger partial charge in [0, 0.05) is 19.0 Å². The van der Waals surface area contributed by atoms with E-state index < -0.39 is 0 Å². The number of benzene rings is 1. The Morgan fingerprint density at radius 2 is 2.04 bits per heavy atom. The van der Waals surface area contributed by atoms with Crippen LogP contribution < -0.4 is 10.6 Å². The average molecular weight is 371 g/mol. The van der Waals surface area contributed by atoms with Gasteiger partial charge in [-0.2, -0.15) is 0 Å². The van der Waals surface area contributed by atoms with E-state index >= 15 is 0 Å². The predicted molar refractivity (Wildman–Crippen MR) is 99.9 cm³/mol. The number of carbonyl (C=O) groups excluding carboxylic acids is 1. The largest absolute Gasteiger partial charge is 0.354 e. The van der Waals surface area contributed by atoms with Gasteiger partial charge >= 0.3 is 0 Å². The third-order valence-corrected chi connectivity index (χ3v) is 5.28. The number of rotatable bonds is 4. The van der Waals surface area contributed by atoms with Crippen molar-refractivity contribution in [3.8, 4) is 0 Å². The minimum Gasteiger partial charge on any atom is -0.354 e. The lowest BCUT2D eigenvalue weighted by atomic mass is 9.92. The molecule has 7 heteroatoms. The first-order valence-corrected chi connectivity index (χ1v) is 8.17. The number of fused-ring (bicyclic) bond motifs is 1. The molecule has 2 aliphatic rings. The zero-order valence-electron chi connectivity index (χ0n) is 13.5. The highest BCUT2D eigenvalue weighted by Gasteiger charge is 2.57. The summed E-state index contributed by atoms with van der Waals surface area (Å²) in [4.78, 5) is 16.7. The molecule has 132 valence electrons. The van der Waals surface area contributed by atoms with Crippen LogP contribution in [0.4, 0.5) is 0 Å². The number of para-hydroxylation sites is 2. The molecule has 1 aliphatic carbocycles. The molecule has 2 N–H and O–H groups in total. The average Bonchev–Trinajstić information content (AvgIpc) is 3.08. The van der Waals surface area contributed by atoms with Crippen molar-refractivity contribution < 1.29 is 4.79 Å². The van der Waals surface area contributed by atoms with E-state index in [0.717, 1.165) is 49.9 Å². The number of piperidine rings is 1. The maximum atomic E-state index is 12.3. The third-order valence-electron chi connectivity index (χ3n) is 5.28. The zero-order valence-corrected chi connectivity index (χ0v) is 15.2. The Morgan fingerprint density at radius 1 is 1.29 bits per heavy atom. The van der Waals surface area contributed by atoms with E-state index in [1.54, 1.807) is 0 Å². The Balaban J connectivity index is 0.00000104. The fourth-order valence-corrected chi connectivity index (χ4v) is 3.81. The van der Waals surface area contributed by atoms with Crippen LogP contribution in [0.25, 0.3) is 11.0 Å². The van der Waals surface area contributed by atoms with Crippen LogP contribution in [-0.4, -0.2) is 35.1 Å². The van der Waals surface area contributed by atoms with Gasteiger partial charge in [0.05, 0.1) is 17.4 Å². The van der Waals surface area contributed by atoms with Gasteiger partial charge in [-0.25, -0.2) is 4.98 Å². The van der Waals surface area contributed by atoms with E-state index in [-0.39, 0.29) is 36.6 Å². The molecule has 1 aromatic heterocycles. The summed E-state index contributed by atoms with van der Waals surface area (Å²) in [6.07, 6.45) is 5.23. The van der Waals surface area contributed by atoms with Crippen LogP contribution in [0, 0.1) is 11.3 Å². The van der Waals surface area contributed by atoms with E-state index in [2.05, 4.69) is 26.3 Å². The Morgan fingerprint density at radius 3 is 2.83 bits per heavy atom. The summed E-state index contributed by atoms with van der Waals surface area (Å²) in [6.45, 7) is 3.56. The maximum Gasteiger partial charge on any atom is 0.223 e. The second-order valence-corrected chi connectivity index (χ2v) is 6.59. The van der Waals surface area contributed by atoms with E-state index in [9.17, 15) is 4.79 Å². The summed E-state index contributed by atoms with van der Waals surface area (Å²) >= 11 is 0. The molecule has 1 saturated heterocycles. The Hall–Kier alpha value is -1.30. The zero-order chi connectivity index (χ0) is 15.0. The molecule has 1 saturated carbocycles. The lowest BCUT2D eigenvalue weighted by Gasteiger charge is -2.23. The van der Waals surface area contributed by atoms with Gasteiger partial charge in [-0.3, -0.25) is 4.79 Å². The van der Waals surface area contributed by atoms with Gasteiger partial charge in [-0.15, -0.1) is 24.8 Å². The molecular formula is C17H24Cl2N4O. The molecular weight excluding hydrogens is 347 g/mol. The van der Waals surface area contributed by atoms with Gasteiger partial charge in [-0.1, -0.05) is 12.1 Å². The molecule has 1 aliphatic heterocycles. The highest BCUT2D eigenvalue weighted by atomic mass is 35.5. The van der Waals surface area contributed by atoms with E-state index in [0.29, 0.717) is 12.0 Å². The molecule has 24 heavy (non-hydrogen) atoms. The lowest BCUT2D eigenvalue weighted by molar-refractivity contribution is -0.123. The van der Waals surface area contributed by atoms with Crippen LogP contribution in [0.3, 0.4) is 0 Å². The third kappa shape index (κ3) is 3.53. The molecule has 0 radical (unpaired) electrons. The molecule has 1 aromatic carbocycles. The SMILES string of the molecule is Cl.Cl.O=C(NCCn1cnc2ccccc21)C1CC12CCNCC2. The summed E-state index contributed by atoms with van der Waals surface area (Å²) in [5.74, 6) is 0.487. The summed E-state index contributed by atoms with van der Waals surface area (Å²) in [5.41, 5.74) is 2.44. The van der Waals surface area contributed by atoms with Crippen molar-refractivity contribution in [2.45, 2.75) is 25.8 Å². The van der Waals surface area contributed by atoms with Crippen LogP contribution in [0.1, 0.15) is 19.3 Å². The van der Waals surface area contributed by atoms with Crippen molar-refractivity contribution in [3.05, 3.63) is 30.6 Å². The predicted octanol–water partition coefficient (Wildman–Crippen LogP) is 2.39. The van der Waals surface area contributed by atoms with Gasteiger partial charge in [0.2, 0.25) is 5.91 Å². The second-order valence-electron chi connectivity index (χ2n) is 6.59. The van der Waals surface area contributed by atoms with Gasteiger partial charge in [0.25, 0.3) is 0 Å². The number of amides is 1. The Labute approximate surface area is 154 Å². The second kappa shape index (κ2) is 7.72. The molecule has 1 atom stereocenters. The topological polar surface area (TPSA) is 59.0 Å². The van der Waals surface area contributed by atoms with Crippen LogP contribution in [0.15, 0.2) is 30.6 Å². The van der Waals surface area contributed by atoms with E-state index in [4.69, 9.17) is 0 Å². The van der Waals surface area contributed by atoms with Crippen LogP contribution in [0.2, 0.25) is 0 Å². The number of aromatic nitrogens is 2. The van der Waals surface area contributed by atoms with Crippen molar-refractivity contribution >= 4 is 41.8 Å². The molecule has 2 aromatic rings. The normalized spacial score (nSPS) is 20.9. The summed E-state index contributed by atoms with van der Waals surface area (Å²) < 4.78 is 2.10. The molecule has 2 fully saturated rings. The highest BCUT2D eigenvalue weighted by molar-refractivity contribution is 5.85. The van der Waals surface area contributed by atoms with Crippen molar-refractivity contribution in [2.75, 3.05) is 19.6 Å². The van der Waals surface area contributed by atoms with Crippen molar-refractivity contribution in [1.82, 2.24) is 20.2 Å². The Kier molecular flexibility index (Phi) is 6.12. The fraction of sp³-hybridized carbons (Fsp3) is 0.529. The molecule has 0 bridgehead atoms. The number of imidazole rings is 1. The lowest BCUT2D eigenvalue weighted by Crippen LogP contribution is -2.34. The summed E-state index contributed by atoms with van der Waals surface area (Å²) in [5, 5.41) is 6.49. The van der Waals surface area contributed by atoms with Crippen LogP contribution in [-0.2, 0) is 11.3 Å². The van der Waals surface area contributed by atoms with Crippen molar-refractivity contribution in [1.29, 1.82) is 0 Å². The van der Waals surface area contributed by atoms with Crippen LogP contribution in [0.5, 0.6) is 0 Å². The molecule has 1 amide bonds. The fourth-order valence-electron chi connectivity index (χ4n) is 3.81. The van der Waals surface area contributed by atoms with Gasteiger partial charge in [0.15, 0.2) is 0 Å². The molecule has 2 heterocycles. The molecule has 4 rings (SSSR count). The molecule has 5 nitrogen and oxygen atoms in total. The number of nitrogens with zero attached hydrogens (tertiary/aromatic N) is 2. The number of nitrogens with one attached hydrogen (secondary N) is 2. The number of hydrogen-bond acceptors (Lipinski definition) is 3. The first kappa shape index (κ1) is 19.0. The van der Waals surface area contributed by atoms with Crippen LogP contribution >= 0.6 is 24.8 Å². The monoisotopic (exact) mass is 370 g/mol. The van der Waals surface area contributed by atoms with E-state index in [1.165, 1.54) is 0 Å². The van der Waals surface area contributed by atoms with Gasteiger partial charge in [0.1, 0.15) is 0 Å². The number of halogens is 2. The van der Waals surface area contributed by atoms with Gasteiger partial charge in [-0.05, 0) is 49.9 Å². The standard InChI is InChI=1S/C17H22N4O.2ClH/c22-16(13-11-17(13)5-7-18-8-6-17)19-9-10-21-12-20-14-3-1-2-4-15(14)21;;/h1-4,12-13,18H,5-11H2,(H,19,22);2*1H.